The third-order valence-corrected chi connectivity index (χ3v) is 2.73. The smallest absolute Gasteiger partial charge is 0.257 e. The first kappa shape index (κ1) is 12.0. The SMILES string of the molecule is COc1cccc(OCC2CCNC(=S)O2)c1. The fourth-order valence-corrected chi connectivity index (χ4v) is 1.82. The Bertz CT molecular complexity index is 397. The number of hydrogen-bond acceptors (Lipinski definition) is 4. The molecular weight excluding hydrogens is 238 g/mol. The van der Waals surface area contributed by atoms with Crippen LogP contribution in [0.1, 0.15) is 6.42 Å². The highest BCUT2D eigenvalue weighted by Crippen LogP contribution is 2.19. The van der Waals surface area contributed by atoms with Crippen molar-refractivity contribution >= 4 is 17.4 Å². The highest BCUT2D eigenvalue weighted by molar-refractivity contribution is 7.80. The summed E-state index contributed by atoms with van der Waals surface area (Å²) in [4.78, 5) is 0. The predicted molar refractivity (Wildman–Crippen MR) is 68.6 cm³/mol. The summed E-state index contributed by atoms with van der Waals surface area (Å²) in [5.74, 6) is 1.56. The van der Waals surface area contributed by atoms with Crippen LogP contribution in [0.25, 0.3) is 0 Å². The average Bonchev–Trinajstić information content (AvgIpc) is 2.37. The van der Waals surface area contributed by atoms with Gasteiger partial charge in [0, 0.05) is 19.0 Å². The molecule has 92 valence electrons. The van der Waals surface area contributed by atoms with E-state index in [4.69, 9.17) is 26.4 Å². The Morgan fingerprint density at radius 3 is 3.06 bits per heavy atom. The molecule has 1 saturated heterocycles. The molecule has 1 fully saturated rings. The van der Waals surface area contributed by atoms with E-state index in [2.05, 4.69) is 5.32 Å². The van der Waals surface area contributed by atoms with Gasteiger partial charge in [0.15, 0.2) is 0 Å². The second kappa shape index (κ2) is 5.72. The molecule has 0 spiro atoms. The van der Waals surface area contributed by atoms with E-state index in [-0.39, 0.29) is 6.10 Å². The molecule has 0 bridgehead atoms. The lowest BCUT2D eigenvalue weighted by Gasteiger charge is -2.25. The third kappa shape index (κ3) is 3.49. The lowest BCUT2D eigenvalue weighted by atomic mass is 10.2. The van der Waals surface area contributed by atoms with Gasteiger partial charge in [0.1, 0.15) is 24.2 Å². The molecule has 1 aliphatic rings. The van der Waals surface area contributed by atoms with Crippen molar-refractivity contribution in [3.8, 4) is 11.5 Å². The number of hydrogen-bond donors (Lipinski definition) is 1. The number of benzene rings is 1. The first-order valence-corrected chi connectivity index (χ1v) is 5.90. The van der Waals surface area contributed by atoms with Crippen LogP contribution in [0.15, 0.2) is 24.3 Å². The van der Waals surface area contributed by atoms with E-state index < -0.39 is 0 Å². The van der Waals surface area contributed by atoms with Crippen LogP contribution in [-0.2, 0) is 4.74 Å². The second-order valence-electron chi connectivity index (χ2n) is 3.73. The van der Waals surface area contributed by atoms with Crippen molar-refractivity contribution in [3.05, 3.63) is 24.3 Å². The molecule has 1 aromatic carbocycles. The molecule has 0 aliphatic carbocycles. The van der Waals surface area contributed by atoms with Gasteiger partial charge >= 0.3 is 0 Å². The molecule has 0 radical (unpaired) electrons. The zero-order valence-corrected chi connectivity index (χ0v) is 10.5. The van der Waals surface area contributed by atoms with Crippen molar-refractivity contribution in [2.45, 2.75) is 12.5 Å². The normalized spacial score (nSPS) is 19.1. The first-order chi connectivity index (χ1) is 8.28. The van der Waals surface area contributed by atoms with Gasteiger partial charge in [-0.25, -0.2) is 0 Å². The maximum Gasteiger partial charge on any atom is 0.257 e. The van der Waals surface area contributed by atoms with Gasteiger partial charge in [0.25, 0.3) is 5.17 Å². The van der Waals surface area contributed by atoms with E-state index in [1.165, 1.54) is 0 Å². The van der Waals surface area contributed by atoms with Gasteiger partial charge in [0.05, 0.1) is 7.11 Å². The Kier molecular flexibility index (Phi) is 4.03. The summed E-state index contributed by atoms with van der Waals surface area (Å²) in [6, 6.07) is 7.51. The van der Waals surface area contributed by atoms with Crippen LogP contribution in [0.4, 0.5) is 0 Å². The molecule has 5 heteroatoms. The van der Waals surface area contributed by atoms with E-state index >= 15 is 0 Å². The van der Waals surface area contributed by atoms with Crippen LogP contribution in [0.2, 0.25) is 0 Å². The molecule has 1 atom stereocenters. The second-order valence-corrected chi connectivity index (χ2v) is 4.10. The fraction of sp³-hybridized carbons (Fsp3) is 0.417. The minimum atomic E-state index is 0.0231. The number of ether oxygens (including phenoxy) is 3. The molecule has 2 rings (SSSR count). The van der Waals surface area contributed by atoms with E-state index in [1.807, 2.05) is 24.3 Å². The van der Waals surface area contributed by atoms with Crippen molar-refractivity contribution in [1.29, 1.82) is 0 Å². The molecule has 0 amide bonds. The van der Waals surface area contributed by atoms with Gasteiger partial charge in [-0.1, -0.05) is 6.07 Å². The van der Waals surface area contributed by atoms with E-state index in [1.54, 1.807) is 7.11 Å². The molecule has 1 unspecified atom stereocenters. The molecule has 0 saturated carbocycles. The summed E-state index contributed by atoms with van der Waals surface area (Å²) >= 11 is 4.94. The van der Waals surface area contributed by atoms with Gasteiger partial charge in [-0.2, -0.15) is 0 Å². The van der Waals surface area contributed by atoms with E-state index in [9.17, 15) is 0 Å². The standard InChI is InChI=1S/C12H15NO3S/c1-14-9-3-2-4-10(7-9)15-8-11-5-6-13-12(17)16-11/h2-4,7,11H,5-6,8H2,1H3,(H,13,17). The molecule has 1 N–H and O–H groups in total. The predicted octanol–water partition coefficient (Wildman–Crippen LogP) is 1.74. The van der Waals surface area contributed by atoms with Gasteiger partial charge < -0.3 is 19.5 Å². The van der Waals surface area contributed by atoms with Crippen molar-refractivity contribution in [3.63, 3.8) is 0 Å². The summed E-state index contributed by atoms with van der Waals surface area (Å²) in [5.41, 5.74) is 0. The molecule has 1 aromatic rings. The number of rotatable bonds is 4. The van der Waals surface area contributed by atoms with Crippen molar-refractivity contribution < 1.29 is 14.2 Å². The third-order valence-electron chi connectivity index (χ3n) is 2.49. The molecular formula is C12H15NO3S. The Morgan fingerprint density at radius 2 is 2.29 bits per heavy atom. The van der Waals surface area contributed by atoms with Crippen LogP contribution in [0.3, 0.4) is 0 Å². The number of methoxy groups -OCH3 is 1. The Labute approximate surface area is 106 Å². The summed E-state index contributed by atoms with van der Waals surface area (Å²) in [6.07, 6.45) is 0.916. The highest BCUT2D eigenvalue weighted by Gasteiger charge is 2.17. The highest BCUT2D eigenvalue weighted by atomic mass is 32.1. The summed E-state index contributed by atoms with van der Waals surface area (Å²) < 4.78 is 16.2. The maximum atomic E-state index is 5.64. The largest absolute Gasteiger partial charge is 0.497 e. The quantitative estimate of drug-likeness (QED) is 0.828. The van der Waals surface area contributed by atoms with E-state index in [0.29, 0.717) is 11.8 Å². The lowest BCUT2D eigenvalue weighted by molar-refractivity contribution is 0.0955. The molecule has 17 heavy (non-hydrogen) atoms. The van der Waals surface area contributed by atoms with Crippen molar-refractivity contribution in [2.24, 2.45) is 0 Å². The molecule has 0 aromatic heterocycles. The zero-order chi connectivity index (χ0) is 12.1. The van der Waals surface area contributed by atoms with E-state index in [0.717, 1.165) is 24.5 Å². The maximum absolute atomic E-state index is 5.64. The average molecular weight is 253 g/mol. The van der Waals surface area contributed by atoms with Gasteiger partial charge in [-0.15, -0.1) is 0 Å². The van der Waals surface area contributed by atoms with Crippen LogP contribution in [0, 0.1) is 0 Å². The van der Waals surface area contributed by atoms with Crippen molar-refractivity contribution in [1.82, 2.24) is 5.32 Å². The van der Waals surface area contributed by atoms with Crippen LogP contribution < -0.4 is 14.8 Å². The molecule has 1 aliphatic heterocycles. The number of thiocarbonyl (C=S) groups is 1. The Hall–Kier alpha value is -1.49. The minimum absolute atomic E-state index is 0.0231. The zero-order valence-electron chi connectivity index (χ0n) is 9.64. The van der Waals surface area contributed by atoms with Crippen LogP contribution >= 0.6 is 12.2 Å². The summed E-state index contributed by atoms with van der Waals surface area (Å²) in [7, 11) is 1.63. The lowest BCUT2D eigenvalue weighted by Crippen LogP contribution is -2.40. The minimum Gasteiger partial charge on any atom is -0.497 e. The van der Waals surface area contributed by atoms with Gasteiger partial charge in [-0.3, -0.25) is 0 Å². The summed E-state index contributed by atoms with van der Waals surface area (Å²) in [6.45, 7) is 1.33. The number of nitrogens with one attached hydrogen (secondary N) is 1. The monoisotopic (exact) mass is 253 g/mol. The topological polar surface area (TPSA) is 39.7 Å². The first-order valence-electron chi connectivity index (χ1n) is 5.49. The van der Waals surface area contributed by atoms with Crippen LogP contribution in [0.5, 0.6) is 11.5 Å². The van der Waals surface area contributed by atoms with Gasteiger partial charge in [0.2, 0.25) is 0 Å². The molecule has 4 nitrogen and oxygen atoms in total. The Balaban J connectivity index is 1.86. The fourth-order valence-electron chi connectivity index (χ4n) is 1.58. The van der Waals surface area contributed by atoms with Crippen LogP contribution in [-0.4, -0.2) is 31.5 Å². The van der Waals surface area contributed by atoms with Crippen molar-refractivity contribution in [2.75, 3.05) is 20.3 Å². The Morgan fingerprint density at radius 1 is 1.47 bits per heavy atom. The molecule has 1 heterocycles. The summed E-state index contributed by atoms with van der Waals surface area (Å²) in [5, 5.41) is 3.42. The van der Waals surface area contributed by atoms with Gasteiger partial charge in [-0.05, 0) is 24.4 Å².